The SMILES string of the molecule is Cc1ccc(C(=O)N2CCC[C@@H](N3CCN(c4cccc(C(F)(F)F)c4)CC3)C2)s1. The highest BCUT2D eigenvalue weighted by atomic mass is 32.1. The summed E-state index contributed by atoms with van der Waals surface area (Å²) < 4.78 is 39.0. The highest BCUT2D eigenvalue weighted by Gasteiger charge is 2.33. The predicted molar refractivity (Wildman–Crippen MR) is 113 cm³/mol. The van der Waals surface area contributed by atoms with Gasteiger partial charge in [-0.3, -0.25) is 9.69 Å². The van der Waals surface area contributed by atoms with Crippen LogP contribution in [0.15, 0.2) is 36.4 Å². The second-order valence-corrected chi connectivity index (χ2v) is 9.32. The Hall–Kier alpha value is -2.06. The highest BCUT2D eigenvalue weighted by Crippen LogP contribution is 2.32. The van der Waals surface area contributed by atoms with Crippen LogP contribution in [-0.2, 0) is 6.18 Å². The summed E-state index contributed by atoms with van der Waals surface area (Å²) in [7, 11) is 0. The average Bonchev–Trinajstić information content (AvgIpc) is 3.19. The third-order valence-corrected chi connectivity index (χ3v) is 6.99. The standard InChI is InChI=1S/C22H26F3N3OS/c1-16-7-8-20(30-16)21(29)28-9-3-6-19(15-28)27-12-10-26(11-13-27)18-5-2-4-17(14-18)22(23,24)25/h2,4-5,7-8,14,19H,3,6,9-13,15H2,1H3/t19-/m1/s1. The van der Waals surface area contributed by atoms with Crippen molar-refractivity contribution in [3.05, 3.63) is 51.7 Å². The van der Waals surface area contributed by atoms with E-state index < -0.39 is 11.7 Å². The average molecular weight is 438 g/mol. The molecule has 0 unspecified atom stereocenters. The van der Waals surface area contributed by atoms with Gasteiger partial charge in [0.1, 0.15) is 0 Å². The van der Waals surface area contributed by atoms with Crippen molar-refractivity contribution in [1.82, 2.24) is 9.80 Å². The van der Waals surface area contributed by atoms with Gasteiger partial charge in [-0.15, -0.1) is 11.3 Å². The molecule has 0 N–H and O–H groups in total. The number of piperazine rings is 1. The van der Waals surface area contributed by atoms with Gasteiger partial charge in [-0.1, -0.05) is 6.07 Å². The number of hydrogen-bond donors (Lipinski definition) is 0. The van der Waals surface area contributed by atoms with E-state index in [0.717, 1.165) is 54.8 Å². The lowest BCUT2D eigenvalue weighted by molar-refractivity contribution is -0.137. The smallest absolute Gasteiger partial charge is 0.369 e. The maximum absolute atomic E-state index is 13.0. The number of piperidine rings is 1. The molecule has 8 heteroatoms. The Morgan fingerprint density at radius 2 is 1.83 bits per heavy atom. The van der Waals surface area contributed by atoms with Crippen molar-refractivity contribution in [1.29, 1.82) is 0 Å². The summed E-state index contributed by atoms with van der Waals surface area (Å²) in [5, 5.41) is 0. The maximum atomic E-state index is 13.0. The third-order valence-electron chi connectivity index (χ3n) is 6.00. The van der Waals surface area contributed by atoms with E-state index >= 15 is 0 Å². The van der Waals surface area contributed by atoms with E-state index in [4.69, 9.17) is 0 Å². The molecule has 2 aliphatic rings. The van der Waals surface area contributed by atoms with E-state index in [1.165, 1.54) is 23.5 Å². The van der Waals surface area contributed by atoms with Crippen molar-refractivity contribution in [3.63, 3.8) is 0 Å². The molecule has 1 atom stereocenters. The van der Waals surface area contributed by atoms with Gasteiger partial charge in [0.15, 0.2) is 0 Å². The van der Waals surface area contributed by atoms with Crippen LogP contribution in [-0.4, -0.2) is 61.0 Å². The molecule has 4 nitrogen and oxygen atoms in total. The molecule has 2 aliphatic heterocycles. The first-order chi connectivity index (χ1) is 14.3. The van der Waals surface area contributed by atoms with Crippen molar-refractivity contribution in [2.75, 3.05) is 44.2 Å². The minimum atomic E-state index is -4.32. The lowest BCUT2D eigenvalue weighted by Gasteiger charge is -2.44. The normalized spacial score (nSPS) is 21.1. The summed E-state index contributed by atoms with van der Waals surface area (Å²) in [6.07, 6.45) is -2.29. The van der Waals surface area contributed by atoms with Crippen LogP contribution in [0.1, 0.15) is 33.0 Å². The van der Waals surface area contributed by atoms with Crippen LogP contribution < -0.4 is 4.90 Å². The fraction of sp³-hybridized carbons (Fsp3) is 0.500. The van der Waals surface area contributed by atoms with Gasteiger partial charge in [-0.05, 0) is 50.1 Å². The predicted octanol–water partition coefficient (Wildman–Crippen LogP) is 4.50. The first kappa shape index (κ1) is 21.2. The molecule has 0 saturated carbocycles. The Bertz CT molecular complexity index is 890. The molecule has 1 aromatic heterocycles. The first-order valence-corrected chi connectivity index (χ1v) is 11.1. The molecule has 0 radical (unpaired) electrons. The molecular weight excluding hydrogens is 411 g/mol. The number of thiophene rings is 1. The van der Waals surface area contributed by atoms with Crippen molar-refractivity contribution in [2.24, 2.45) is 0 Å². The number of anilines is 1. The molecule has 0 spiro atoms. The van der Waals surface area contributed by atoms with Gasteiger partial charge in [0.25, 0.3) is 5.91 Å². The molecule has 2 aromatic rings. The van der Waals surface area contributed by atoms with Crippen molar-refractivity contribution >= 4 is 22.9 Å². The topological polar surface area (TPSA) is 26.8 Å². The maximum Gasteiger partial charge on any atom is 0.416 e. The van der Waals surface area contributed by atoms with Gasteiger partial charge < -0.3 is 9.80 Å². The monoisotopic (exact) mass is 437 g/mol. The summed E-state index contributed by atoms with van der Waals surface area (Å²) in [4.78, 5) is 21.1. The molecule has 4 rings (SSSR count). The van der Waals surface area contributed by atoms with Crippen molar-refractivity contribution in [3.8, 4) is 0 Å². The number of aryl methyl sites for hydroxylation is 1. The number of halogens is 3. The van der Waals surface area contributed by atoms with Gasteiger partial charge in [0.2, 0.25) is 0 Å². The zero-order valence-electron chi connectivity index (χ0n) is 17.0. The molecule has 1 aromatic carbocycles. The number of carbonyl (C=O) groups is 1. The van der Waals surface area contributed by atoms with Crippen LogP contribution in [0.3, 0.4) is 0 Å². The lowest BCUT2D eigenvalue weighted by atomic mass is 10.0. The van der Waals surface area contributed by atoms with E-state index in [-0.39, 0.29) is 5.91 Å². The van der Waals surface area contributed by atoms with Gasteiger partial charge in [-0.2, -0.15) is 13.2 Å². The summed E-state index contributed by atoms with van der Waals surface area (Å²) in [6, 6.07) is 9.76. The van der Waals surface area contributed by atoms with Crippen LogP contribution in [0.2, 0.25) is 0 Å². The quantitative estimate of drug-likeness (QED) is 0.707. The molecular formula is C22H26F3N3OS. The minimum Gasteiger partial charge on any atom is -0.369 e. The van der Waals surface area contributed by atoms with E-state index in [2.05, 4.69) is 4.90 Å². The van der Waals surface area contributed by atoms with E-state index in [1.54, 1.807) is 6.07 Å². The minimum absolute atomic E-state index is 0.111. The summed E-state index contributed by atoms with van der Waals surface area (Å²) in [5.41, 5.74) is 0.0191. The Kier molecular flexibility index (Phi) is 6.06. The van der Waals surface area contributed by atoms with Crippen LogP contribution in [0.5, 0.6) is 0 Å². The molecule has 3 heterocycles. The van der Waals surface area contributed by atoms with Gasteiger partial charge >= 0.3 is 6.18 Å². The zero-order chi connectivity index (χ0) is 21.3. The number of carbonyl (C=O) groups excluding carboxylic acids is 1. The van der Waals surface area contributed by atoms with Crippen LogP contribution in [0.4, 0.5) is 18.9 Å². The van der Waals surface area contributed by atoms with Gasteiger partial charge in [0.05, 0.1) is 10.4 Å². The second kappa shape index (κ2) is 8.59. The first-order valence-electron chi connectivity index (χ1n) is 10.3. The van der Waals surface area contributed by atoms with Crippen molar-refractivity contribution < 1.29 is 18.0 Å². The number of hydrogen-bond acceptors (Lipinski definition) is 4. The second-order valence-electron chi connectivity index (χ2n) is 8.03. The molecule has 2 fully saturated rings. The summed E-state index contributed by atoms with van der Waals surface area (Å²) in [6.45, 7) is 6.48. The van der Waals surface area contributed by atoms with Crippen LogP contribution in [0.25, 0.3) is 0 Å². The molecule has 0 aliphatic carbocycles. The summed E-state index contributed by atoms with van der Waals surface area (Å²) >= 11 is 1.54. The molecule has 1 amide bonds. The summed E-state index contributed by atoms with van der Waals surface area (Å²) in [5.74, 6) is 0.111. The third kappa shape index (κ3) is 4.64. The van der Waals surface area contributed by atoms with Crippen molar-refractivity contribution in [2.45, 2.75) is 32.0 Å². The van der Waals surface area contributed by atoms with E-state index in [1.807, 2.05) is 28.9 Å². The fourth-order valence-corrected chi connectivity index (χ4v) is 5.20. The Balaban J connectivity index is 1.35. The van der Waals surface area contributed by atoms with E-state index in [0.29, 0.717) is 24.8 Å². The zero-order valence-corrected chi connectivity index (χ0v) is 17.8. The number of nitrogens with zero attached hydrogens (tertiary/aromatic N) is 3. The number of rotatable bonds is 3. The highest BCUT2D eigenvalue weighted by molar-refractivity contribution is 7.13. The fourth-order valence-electron chi connectivity index (χ4n) is 4.37. The molecule has 30 heavy (non-hydrogen) atoms. The number of likely N-dealkylation sites (tertiary alicyclic amines) is 1. The number of amides is 1. The Labute approximate surface area is 178 Å². The lowest BCUT2D eigenvalue weighted by Crippen LogP contribution is -2.55. The largest absolute Gasteiger partial charge is 0.416 e. The van der Waals surface area contributed by atoms with Crippen LogP contribution >= 0.6 is 11.3 Å². The van der Waals surface area contributed by atoms with Gasteiger partial charge in [0, 0.05) is 55.9 Å². The number of alkyl halides is 3. The molecule has 0 bridgehead atoms. The Morgan fingerprint density at radius 3 is 2.50 bits per heavy atom. The molecule has 162 valence electrons. The van der Waals surface area contributed by atoms with E-state index in [9.17, 15) is 18.0 Å². The Morgan fingerprint density at radius 1 is 1.07 bits per heavy atom. The molecule has 2 saturated heterocycles. The van der Waals surface area contributed by atoms with Crippen LogP contribution in [0, 0.1) is 6.92 Å². The number of benzene rings is 1. The van der Waals surface area contributed by atoms with Gasteiger partial charge in [-0.25, -0.2) is 0 Å².